The highest BCUT2D eigenvalue weighted by Gasteiger charge is 2.52. The lowest BCUT2D eigenvalue weighted by atomic mass is 9.69. The molecule has 2 rings (SSSR count). The van der Waals surface area contributed by atoms with Crippen LogP contribution in [0.3, 0.4) is 0 Å². The van der Waals surface area contributed by atoms with E-state index in [9.17, 15) is 14.4 Å². The maximum absolute atomic E-state index is 12.9. The smallest absolute Gasteiger partial charge is 0.242 e. The summed E-state index contributed by atoms with van der Waals surface area (Å²) in [7, 11) is 1.53. The van der Waals surface area contributed by atoms with Crippen molar-refractivity contribution in [2.75, 3.05) is 20.1 Å². The van der Waals surface area contributed by atoms with Gasteiger partial charge in [-0.2, -0.15) is 0 Å². The normalized spacial score (nSPS) is 25.1. The Bertz CT molecular complexity index is 425. The van der Waals surface area contributed by atoms with Gasteiger partial charge in [0.25, 0.3) is 0 Å². The number of hydrogen-bond donors (Lipinski definition) is 1. The molecule has 0 spiro atoms. The minimum atomic E-state index is -1.04. The molecular weight excluding hydrogens is 256 g/mol. The van der Waals surface area contributed by atoms with Crippen LogP contribution in [0.15, 0.2) is 0 Å². The monoisotopic (exact) mass is 280 g/mol. The van der Waals surface area contributed by atoms with Crippen molar-refractivity contribution in [2.24, 2.45) is 17.3 Å². The molecule has 1 N–H and O–H groups in total. The molecule has 0 aromatic rings. The third-order valence-corrected chi connectivity index (χ3v) is 4.89. The first kappa shape index (κ1) is 15.2. The minimum Gasteiger partial charge on any atom is -0.316 e. The fraction of sp³-hybridized carbons (Fsp3) is 0.800. The first-order chi connectivity index (χ1) is 9.45. The van der Waals surface area contributed by atoms with Gasteiger partial charge < -0.3 is 5.32 Å². The van der Waals surface area contributed by atoms with E-state index in [2.05, 4.69) is 5.32 Å². The van der Waals surface area contributed by atoms with Crippen LogP contribution in [-0.4, -0.2) is 42.6 Å². The van der Waals surface area contributed by atoms with Crippen LogP contribution in [-0.2, 0) is 14.4 Å². The zero-order valence-electron chi connectivity index (χ0n) is 12.6. The van der Waals surface area contributed by atoms with Crippen molar-refractivity contribution in [3.05, 3.63) is 0 Å². The fourth-order valence-corrected chi connectivity index (χ4v) is 3.38. The van der Waals surface area contributed by atoms with E-state index in [4.69, 9.17) is 0 Å². The van der Waals surface area contributed by atoms with Crippen molar-refractivity contribution in [1.82, 2.24) is 10.2 Å². The molecule has 0 bridgehead atoms. The van der Waals surface area contributed by atoms with E-state index in [1.54, 1.807) is 0 Å². The maximum atomic E-state index is 12.9. The van der Waals surface area contributed by atoms with Gasteiger partial charge in [-0.3, -0.25) is 19.3 Å². The number of hydrogen-bond acceptors (Lipinski definition) is 4. The molecule has 1 saturated carbocycles. The molecule has 1 heterocycles. The number of nitrogens with one attached hydrogen (secondary N) is 1. The molecule has 1 aliphatic carbocycles. The number of Topliss-reactive ketones (excluding diaryl/α,β-unsaturated/α-hetero) is 1. The number of carbonyl (C=O) groups is 3. The molecular formula is C15H24N2O3. The molecule has 0 aromatic carbocycles. The summed E-state index contributed by atoms with van der Waals surface area (Å²) in [4.78, 5) is 38.4. The van der Waals surface area contributed by atoms with Gasteiger partial charge in [-0.05, 0) is 51.6 Å². The van der Waals surface area contributed by atoms with E-state index in [-0.39, 0.29) is 29.4 Å². The molecule has 2 fully saturated rings. The summed E-state index contributed by atoms with van der Waals surface area (Å²) in [6.45, 7) is 4.85. The standard InChI is InChI=1S/C15H24N2O3/c1-4-15(10(2)18,12-7-8-16-9-12)14(20)17(3)13(19)11-5-6-11/h11-12,16H,4-9H2,1-3H3. The van der Waals surface area contributed by atoms with E-state index in [1.807, 2.05) is 6.92 Å². The van der Waals surface area contributed by atoms with Crippen molar-refractivity contribution in [3.8, 4) is 0 Å². The summed E-state index contributed by atoms with van der Waals surface area (Å²) >= 11 is 0. The topological polar surface area (TPSA) is 66.5 Å². The minimum absolute atomic E-state index is 0.00725. The molecule has 2 aliphatic rings. The lowest BCUT2D eigenvalue weighted by Gasteiger charge is -2.36. The summed E-state index contributed by atoms with van der Waals surface area (Å²) in [5, 5.41) is 3.22. The van der Waals surface area contributed by atoms with Gasteiger partial charge in [0.2, 0.25) is 11.8 Å². The van der Waals surface area contributed by atoms with E-state index in [1.165, 1.54) is 18.9 Å². The Labute approximate surface area is 120 Å². The molecule has 112 valence electrons. The van der Waals surface area contributed by atoms with Gasteiger partial charge in [-0.25, -0.2) is 0 Å². The second-order valence-electron chi connectivity index (χ2n) is 6.05. The van der Waals surface area contributed by atoms with Crippen LogP contribution < -0.4 is 5.32 Å². The quantitative estimate of drug-likeness (QED) is 0.762. The third-order valence-electron chi connectivity index (χ3n) is 4.89. The largest absolute Gasteiger partial charge is 0.316 e. The number of rotatable bonds is 5. The molecule has 2 atom stereocenters. The third kappa shape index (κ3) is 2.39. The lowest BCUT2D eigenvalue weighted by Crippen LogP contribution is -2.53. The molecule has 2 unspecified atom stereocenters. The van der Waals surface area contributed by atoms with Gasteiger partial charge >= 0.3 is 0 Å². The van der Waals surface area contributed by atoms with Crippen molar-refractivity contribution in [1.29, 1.82) is 0 Å². The van der Waals surface area contributed by atoms with Gasteiger partial charge in [0, 0.05) is 13.0 Å². The summed E-state index contributed by atoms with van der Waals surface area (Å²) in [5.74, 6) is -0.564. The Morgan fingerprint density at radius 1 is 1.25 bits per heavy atom. The first-order valence-electron chi connectivity index (χ1n) is 7.48. The molecule has 0 aromatic heterocycles. The zero-order valence-corrected chi connectivity index (χ0v) is 12.6. The second kappa shape index (κ2) is 5.64. The Kier molecular flexibility index (Phi) is 4.28. The van der Waals surface area contributed by atoms with Crippen LogP contribution >= 0.6 is 0 Å². The van der Waals surface area contributed by atoms with Crippen LogP contribution in [0.1, 0.15) is 39.5 Å². The number of imide groups is 1. The van der Waals surface area contributed by atoms with Crippen LogP contribution in [0.4, 0.5) is 0 Å². The van der Waals surface area contributed by atoms with Crippen molar-refractivity contribution < 1.29 is 14.4 Å². The molecule has 2 amide bonds. The van der Waals surface area contributed by atoms with Crippen LogP contribution in [0, 0.1) is 17.3 Å². The molecule has 0 radical (unpaired) electrons. The fourth-order valence-electron chi connectivity index (χ4n) is 3.38. The van der Waals surface area contributed by atoms with Crippen molar-refractivity contribution in [2.45, 2.75) is 39.5 Å². The van der Waals surface area contributed by atoms with E-state index in [0.29, 0.717) is 13.0 Å². The molecule has 1 aliphatic heterocycles. The van der Waals surface area contributed by atoms with Crippen molar-refractivity contribution in [3.63, 3.8) is 0 Å². The van der Waals surface area contributed by atoms with Crippen LogP contribution in [0.5, 0.6) is 0 Å². The Hall–Kier alpha value is -1.23. The lowest BCUT2D eigenvalue weighted by molar-refractivity contribution is -0.157. The summed E-state index contributed by atoms with van der Waals surface area (Å²) < 4.78 is 0. The predicted molar refractivity (Wildman–Crippen MR) is 74.9 cm³/mol. The number of ketones is 1. The maximum Gasteiger partial charge on any atom is 0.242 e. The predicted octanol–water partition coefficient (Wildman–Crippen LogP) is 0.976. The highest BCUT2D eigenvalue weighted by atomic mass is 16.2. The van der Waals surface area contributed by atoms with Crippen molar-refractivity contribution >= 4 is 17.6 Å². The average Bonchev–Trinajstić information content (AvgIpc) is 3.14. The molecule has 20 heavy (non-hydrogen) atoms. The van der Waals surface area contributed by atoms with Gasteiger partial charge in [-0.1, -0.05) is 6.92 Å². The Morgan fingerprint density at radius 2 is 1.90 bits per heavy atom. The average molecular weight is 280 g/mol. The second-order valence-corrected chi connectivity index (χ2v) is 6.05. The molecule has 1 saturated heterocycles. The van der Waals surface area contributed by atoms with E-state index >= 15 is 0 Å². The molecule has 5 heteroatoms. The highest BCUT2D eigenvalue weighted by molar-refractivity contribution is 6.10. The number of carbonyl (C=O) groups excluding carboxylic acids is 3. The summed E-state index contributed by atoms with van der Waals surface area (Å²) in [5.41, 5.74) is -1.04. The van der Waals surface area contributed by atoms with E-state index < -0.39 is 5.41 Å². The summed E-state index contributed by atoms with van der Waals surface area (Å²) in [6.07, 6.45) is 2.99. The SMILES string of the molecule is CCC(C(C)=O)(C(=O)N(C)C(=O)C1CC1)C1CCNC1. The van der Waals surface area contributed by atoms with Gasteiger partial charge in [-0.15, -0.1) is 0 Å². The van der Waals surface area contributed by atoms with Gasteiger partial charge in [0.1, 0.15) is 11.2 Å². The molecule has 5 nitrogen and oxygen atoms in total. The first-order valence-corrected chi connectivity index (χ1v) is 7.48. The highest BCUT2D eigenvalue weighted by Crippen LogP contribution is 2.40. The van der Waals surface area contributed by atoms with Gasteiger partial charge in [0.15, 0.2) is 0 Å². The Balaban J connectivity index is 2.27. The Morgan fingerprint density at radius 3 is 2.30 bits per heavy atom. The van der Waals surface area contributed by atoms with Crippen LogP contribution in [0.25, 0.3) is 0 Å². The van der Waals surface area contributed by atoms with Crippen LogP contribution in [0.2, 0.25) is 0 Å². The van der Waals surface area contributed by atoms with Gasteiger partial charge in [0.05, 0.1) is 0 Å². The number of amides is 2. The summed E-state index contributed by atoms with van der Waals surface area (Å²) in [6, 6.07) is 0. The van der Waals surface area contributed by atoms with E-state index in [0.717, 1.165) is 25.8 Å². The zero-order chi connectivity index (χ0) is 14.9. The number of nitrogens with zero attached hydrogens (tertiary/aromatic N) is 1.